The summed E-state index contributed by atoms with van der Waals surface area (Å²) in [6, 6.07) is 0. The Bertz CT molecular complexity index is 312. The summed E-state index contributed by atoms with van der Waals surface area (Å²) < 4.78 is 5.79. The molecule has 0 aromatic carbocycles. The number of ether oxygens (including phenoxy) is 1. The van der Waals surface area contributed by atoms with Crippen molar-refractivity contribution in [3.8, 4) is 0 Å². The van der Waals surface area contributed by atoms with Gasteiger partial charge in [-0.1, -0.05) is 37.4 Å². The molecule has 3 nitrogen and oxygen atoms in total. The Morgan fingerprint density at radius 2 is 1.58 bits per heavy atom. The molecule has 0 N–H and O–H groups in total. The van der Waals surface area contributed by atoms with E-state index >= 15 is 0 Å². The van der Waals surface area contributed by atoms with Gasteiger partial charge in [-0.25, -0.2) is 0 Å². The summed E-state index contributed by atoms with van der Waals surface area (Å²) in [5.41, 5.74) is -0.223. The Morgan fingerprint density at radius 3 is 2.05 bits per heavy atom. The molecule has 0 spiro atoms. The van der Waals surface area contributed by atoms with Gasteiger partial charge in [-0.2, -0.15) is 0 Å². The SMILES string of the molecule is CC(=O)SCCC(C)(C)OCCC(C)(C)SC(C)=O. The minimum atomic E-state index is -0.223. The predicted octanol–water partition coefficient (Wildman–Crippen LogP) is 3.90. The molecule has 0 aromatic heterocycles. The van der Waals surface area contributed by atoms with E-state index in [1.165, 1.54) is 23.5 Å². The van der Waals surface area contributed by atoms with Gasteiger partial charge in [0, 0.05) is 31.0 Å². The first-order valence-corrected chi connectivity index (χ1v) is 8.31. The summed E-state index contributed by atoms with van der Waals surface area (Å²) in [7, 11) is 0. The van der Waals surface area contributed by atoms with Crippen LogP contribution in [0.25, 0.3) is 0 Å². The first-order valence-electron chi connectivity index (χ1n) is 6.51. The number of carbonyl (C=O) groups is 2. The smallest absolute Gasteiger partial charge is 0.186 e. The molecule has 0 aliphatic heterocycles. The third-order valence-electron chi connectivity index (χ3n) is 2.63. The second-order valence-corrected chi connectivity index (χ2v) is 8.96. The molecule has 0 saturated carbocycles. The van der Waals surface area contributed by atoms with Crippen LogP contribution in [0.4, 0.5) is 0 Å². The lowest BCUT2D eigenvalue weighted by Gasteiger charge is -2.28. The van der Waals surface area contributed by atoms with Crippen LogP contribution in [-0.2, 0) is 14.3 Å². The highest BCUT2D eigenvalue weighted by Crippen LogP contribution is 2.29. The van der Waals surface area contributed by atoms with Crippen LogP contribution in [-0.4, -0.2) is 32.9 Å². The average Bonchev–Trinajstić information content (AvgIpc) is 2.12. The molecule has 5 heteroatoms. The number of hydrogen-bond donors (Lipinski definition) is 0. The van der Waals surface area contributed by atoms with Crippen molar-refractivity contribution in [2.45, 2.75) is 64.7 Å². The third-order valence-corrected chi connectivity index (χ3v) is 4.49. The number of hydrogen-bond acceptors (Lipinski definition) is 5. The van der Waals surface area contributed by atoms with Crippen molar-refractivity contribution >= 4 is 33.8 Å². The summed E-state index contributed by atoms with van der Waals surface area (Å²) in [4.78, 5) is 22.0. The van der Waals surface area contributed by atoms with E-state index in [4.69, 9.17) is 4.74 Å². The summed E-state index contributed by atoms with van der Waals surface area (Å²) in [6.45, 7) is 12.0. The largest absolute Gasteiger partial charge is 0.375 e. The maximum absolute atomic E-state index is 11.1. The Balaban J connectivity index is 3.96. The van der Waals surface area contributed by atoms with Gasteiger partial charge in [0.2, 0.25) is 0 Å². The number of thioether (sulfide) groups is 2. The van der Waals surface area contributed by atoms with Gasteiger partial charge in [-0.3, -0.25) is 9.59 Å². The van der Waals surface area contributed by atoms with Gasteiger partial charge < -0.3 is 4.74 Å². The van der Waals surface area contributed by atoms with E-state index in [9.17, 15) is 9.59 Å². The van der Waals surface area contributed by atoms with Gasteiger partial charge in [0.15, 0.2) is 10.2 Å². The van der Waals surface area contributed by atoms with Gasteiger partial charge in [0.1, 0.15) is 0 Å². The Labute approximate surface area is 125 Å². The molecule has 0 amide bonds. The van der Waals surface area contributed by atoms with Crippen molar-refractivity contribution in [1.82, 2.24) is 0 Å². The summed E-state index contributed by atoms with van der Waals surface area (Å²) in [5, 5.41) is 0.289. The molecule has 0 radical (unpaired) electrons. The fraction of sp³-hybridized carbons (Fsp3) is 0.857. The van der Waals surface area contributed by atoms with Crippen LogP contribution >= 0.6 is 23.5 Å². The fourth-order valence-electron chi connectivity index (χ4n) is 1.53. The molecule has 0 aromatic rings. The minimum Gasteiger partial charge on any atom is -0.375 e. The molecule has 0 aliphatic carbocycles. The van der Waals surface area contributed by atoms with Crippen molar-refractivity contribution in [2.75, 3.05) is 12.4 Å². The summed E-state index contributed by atoms with van der Waals surface area (Å²) in [6.07, 6.45) is 1.68. The molecule has 19 heavy (non-hydrogen) atoms. The second-order valence-electron chi connectivity index (χ2n) is 5.80. The van der Waals surface area contributed by atoms with Gasteiger partial charge in [0.25, 0.3) is 0 Å². The molecule has 0 saturated heterocycles. The first kappa shape index (κ1) is 19.0. The van der Waals surface area contributed by atoms with Gasteiger partial charge in [0.05, 0.1) is 5.60 Å². The predicted molar refractivity (Wildman–Crippen MR) is 84.8 cm³/mol. The van der Waals surface area contributed by atoms with E-state index in [0.717, 1.165) is 18.6 Å². The van der Waals surface area contributed by atoms with E-state index < -0.39 is 0 Å². The molecular weight excluding hydrogens is 280 g/mol. The van der Waals surface area contributed by atoms with Crippen LogP contribution in [0, 0.1) is 0 Å². The maximum atomic E-state index is 11.1. The lowest BCUT2D eigenvalue weighted by molar-refractivity contribution is -0.110. The van der Waals surface area contributed by atoms with E-state index in [-0.39, 0.29) is 20.6 Å². The van der Waals surface area contributed by atoms with Crippen molar-refractivity contribution in [2.24, 2.45) is 0 Å². The molecule has 0 atom stereocenters. The highest BCUT2D eigenvalue weighted by Gasteiger charge is 2.24. The Hall–Kier alpha value is -0.0000000000000000555. The number of rotatable bonds is 8. The summed E-state index contributed by atoms with van der Waals surface area (Å²) >= 11 is 2.70. The quantitative estimate of drug-likeness (QED) is 0.680. The third kappa shape index (κ3) is 11.5. The van der Waals surface area contributed by atoms with Crippen LogP contribution in [0.3, 0.4) is 0 Å². The standard InChI is InChI=1S/C14H26O3S2/c1-11(15)18-10-8-13(3,4)17-9-7-14(5,6)19-12(2)16/h7-10H2,1-6H3. The van der Waals surface area contributed by atoms with E-state index in [1.807, 2.05) is 13.8 Å². The van der Waals surface area contributed by atoms with Crippen LogP contribution in [0.15, 0.2) is 0 Å². The van der Waals surface area contributed by atoms with E-state index in [1.54, 1.807) is 13.8 Å². The molecule has 0 rings (SSSR count). The van der Waals surface area contributed by atoms with Crippen molar-refractivity contribution in [3.05, 3.63) is 0 Å². The topological polar surface area (TPSA) is 43.4 Å². The summed E-state index contributed by atoms with van der Waals surface area (Å²) in [5.74, 6) is 0.786. The Kier molecular flexibility index (Phi) is 8.32. The molecule has 0 heterocycles. The molecule has 0 aliphatic rings. The van der Waals surface area contributed by atoms with E-state index in [2.05, 4.69) is 13.8 Å². The van der Waals surface area contributed by atoms with Gasteiger partial charge in [-0.05, 0) is 26.7 Å². The van der Waals surface area contributed by atoms with Crippen LogP contribution < -0.4 is 0 Å². The van der Waals surface area contributed by atoms with Crippen LogP contribution in [0.2, 0.25) is 0 Å². The molecule has 0 bridgehead atoms. The fourth-order valence-corrected chi connectivity index (χ4v) is 3.37. The second kappa shape index (κ2) is 8.32. The molecule has 0 fully saturated rings. The first-order chi connectivity index (χ1) is 8.54. The maximum Gasteiger partial charge on any atom is 0.186 e. The monoisotopic (exact) mass is 306 g/mol. The highest BCUT2D eigenvalue weighted by atomic mass is 32.2. The molecular formula is C14H26O3S2. The minimum absolute atomic E-state index is 0.0873. The molecule has 0 unspecified atom stereocenters. The van der Waals surface area contributed by atoms with Gasteiger partial charge in [-0.15, -0.1) is 0 Å². The zero-order valence-corrected chi connectivity index (χ0v) is 14.5. The van der Waals surface area contributed by atoms with Gasteiger partial charge >= 0.3 is 0 Å². The zero-order chi connectivity index (χ0) is 15.1. The lowest BCUT2D eigenvalue weighted by Crippen LogP contribution is -2.29. The van der Waals surface area contributed by atoms with E-state index in [0.29, 0.717) is 6.61 Å². The molecule has 112 valence electrons. The average molecular weight is 306 g/mol. The highest BCUT2D eigenvalue weighted by molar-refractivity contribution is 8.14. The zero-order valence-electron chi connectivity index (χ0n) is 12.9. The lowest BCUT2D eigenvalue weighted by atomic mass is 10.1. The van der Waals surface area contributed by atoms with Crippen LogP contribution in [0.1, 0.15) is 54.4 Å². The van der Waals surface area contributed by atoms with Crippen molar-refractivity contribution in [1.29, 1.82) is 0 Å². The normalized spacial score (nSPS) is 12.5. The van der Waals surface area contributed by atoms with Crippen LogP contribution in [0.5, 0.6) is 0 Å². The van der Waals surface area contributed by atoms with Crippen molar-refractivity contribution in [3.63, 3.8) is 0 Å². The Morgan fingerprint density at radius 1 is 1.00 bits per heavy atom. The van der Waals surface area contributed by atoms with Crippen molar-refractivity contribution < 1.29 is 14.3 Å². The number of carbonyl (C=O) groups excluding carboxylic acids is 2.